The van der Waals surface area contributed by atoms with Crippen LogP contribution in [-0.2, 0) is 25.5 Å². The highest BCUT2D eigenvalue weighted by atomic mass is 32.2. The van der Waals surface area contributed by atoms with Crippen molar-refractivity contribution in [3.8, 4) is 11.1 Å². The molecule has 1 aliphatic carbocycles. The number of alkyl carbamates (subject to hydrolysis) is 1. The minimum absolute atomic E-state index is 0.0136. The van der Waals surface area contributed by atoms with Crippen LogP contribution in [0, 0.1) is 0 Å². The third kappa shape index (κ3) is 11.7. The fraction of sp³-hybridized carbons (Fsp3) is 0.421. The van der Waals surface area contributed by atoms with E-state index in [0.717, 1.165) is 34.2 Å². The highest BCUT2D eigenvalue weighted by Crippen LogP contribution is 2.44. The standard InChI is InChI=1S/C38H48N4O6S/c1-2-49-37(46)23-28(20-26-12-4-3-5-13-26)40-36(45)22-29(24-43)41-35(44)21-27(14-10-11-19-39)42-38(47)48-25-34-32-17-8-6-15-30(32)31-16-7-9-18-33(31)34/h3-9,12-13,15-18,27-29,34,43H,2,10-11,14,19-25,39H2,1H3,(H,40,45)(H,41,44)(H,42,47)/t27-,28-,29+/m0/s1. The largest absolute Gasteiger partial charge is 0.449 e. The lowest BCUT2D eigenvalue weighted by atomic mass is 9.98. The Bertz CT molecular complexity index is 1490. The van der Waals surface area contributed by atoms with Gasteiger partial charge in [-0.05, 0) is 59.4 Å². The number of ether oxygens (including phenoxy) is 1. The zero-order valence-electron chi connectivity index (χ0n) is 28.1. The number of amides is 3. The molecule has 0 saturated carbocycles. The van der Waals surface area contributed by atoms with Gasteiger partial charge in [0.05, 0.1) is 12.6 Å². The molecule has 3 aromatic carbocycles. The first kappa shape index (κ1) is 37.6. The van der Waals surface area contributed by atoms with Crippen LogP contribution in [0.1, 0.15) is 68.1 Å². The summed E-state index contributed by atoms with van der Waals surface area (Å²) in [7, 11) is 0. The number of thioether (sulfide) groups is 1. The van der Waals surface area contributed by atoms with Gasteiger partial charge in [-0.3, -0.25) is 14.4 Å². The van der Waals surface area contributed by atoms with Crippen molar-refractivity contribution in [2.75, 3.05) is 25.5 Å². The third-order valence-electron chi connectivity index (χ3n) is 8.53. The fourth-order valence-corrected chi connectivity index (χ4v) is 6.88. The van der Waals surface area contributed by atoms with E-state index in [2.05, 4.69) is 28.1 Å². The molecular weight excluding hydrogens is 641 g/mol. The van der Waals surface area contributed by atoms with Gasteiger partial charge in [-0.1, -0.05) is 104 Å². The Labute approximate surface area is 293 Å². The van der Waals surface area contributed by atoms with E-state index in [4.69, 9.17) is 10.5 Å². The van der Waals surface area contributed by atoms with E-state index < -0.39 is 36.7 Å². The molecule has 0 fully saturated rings. The second-order valence-corrected chi connectivity index (χ2v) is 13.6. The molecule has 1 aliphatic rings. The van der Waals surface area contributed by atoms with E-state index in [1.165, 1.54) is 11.8 Å². The Hall–Kier alpha value is -4.19. The summed E-state index contributed by atoms with van der Waals surface area (Å²) >= 11 is 1.21. The number of aliphatic hydroxyl groups excluding tert-OH is 1. The number of benzene rings is 3. The van der Waals surface area contributed by atoms with Crippen molar-refractivity contribution >= 4 is 34.8 Å². The molecule has 0 heterocycles. The molecule has 0 spiro atoms. The van der Waals surface area contributed by atoms with E-state index >= 15 is 0 Å². The number of rotatable bonds is 19. The van der Waals surface area contributed by atoms with E-state index in [1.54, 1.807) is 0 Å². The van der Waals surface area contributed by atoms with Gasteiger partial charge in [0.2, 0.25) is 11.8 Å². The monoisotopic (exact) mass is 688 g/mol. The Kier molecular flexibility index (Phi) is 15.1. The molecule has 0 aromatic heterocycles. The van der Waals surface area contributed by atoms with Gasteiger partial charge in [-0.2, -0.15) is 0 Å². The molecule has 6 N–H and O–H groups in total. The first-order valence-electron chi connectivity index (χ1n) is 17.0. The Morgan fingerprint density at radius 3 is 1.98 bits per heavy atom. The molecule has 0 saturated heterocycles. The number of unbranched alkanes of at least 4 members (excludes halogenated alkanes) is 1. The van der Waals surface area contributed by atoms with Gasteiger partial charge >= 0.3 is 6.09 Å². The van der Waals surface area contributed by atoms with Crippen LogP contribution in [0.25, 0.3) is 11.1 Å². The molecule has 3 atom stereocenters. The maximum Gasteiger partial charge on any atom is 0.407 e. The predicted molar refractivity (Wildman–Crippen MR) is 193 cm³/mol. The first-order valence-corrected chi connectivity index (χ1v) is 18.0. The molecule has 3 aromatic rings. The minimum atomic E-state index is -0.843. The van der Waals surface area contributed by atoms with Crippen molar-refractivity contribution in [1.29, 1.82) is 0 Å². The topological polar surface area (TPSA) is 160 Å². The van der Waals surface area contributed by atoms with Crippen molar-refractivity contribution < 1.29 is 29.0 Å². The van der Waals surface area contributed by atoms with Crippen LogP contribution in [0.2, 0.25) is 0 Å². The van der Waals surface area contributed by atoms with Gasteiger partial charge in [0.25, 0.3) is 0 Å². The van der Waals surface area contributed by atoms with Gasteiger partial charge in [-0.15, -0.1) is 0 Å². The van der Waals surface area contributed by atoms with Gasteiger partial charge in [0.15, 0.2) is 5.12 Å². The summed E-state index contributed by atoms with van der Waals surface area (Å²) in [6.07, 6.45) is 1.73. The van der Waals surface area contributed by atoms with Gasteiger partial charge in [0.1, 0.15) is 6.61 Å². The Morgan fingerprint density at radius 2 is 1.37 bits per heavy atom. The first-order chi connectivity index (χ1) is 23.8. The lowest BCUT2D eigenvalue weighted by molar-refractivity contribution is -0.124. The summed E-state index contributed by atoms with van der Waals surface area (Å²) in [5.41, 5.74) is 11.1. The summed E-state index contributed by atoms with van der Waals surface area (Å²) in [5, 5.41) is 18.5. The van der Waals surface area contributed by atoms with Crippen molar-refractivity contribution in [3.05, 3.63) is 95.6 Å². The third-order valence-corrected chi connectivity index (χ3v) is 9.31. The quantitative estimate of drug-likeness (QED) is 0.114. The van der Waals surface area contributed by atoms with E-state index in [9.17, 15) is 24.3 Å². The molecule has 0 radical (unpaired) electrons. The number of fused-ring (bicyclic) bond motifs is 3. The fourth-order valence-electron chi connectivity index (χ4n) is 6.24. The van der Waals surface area contributed by atoms with Crippen LogP contribution in [0.15, 0.2) is 78.9 Å². The van der Waals surface area contributed by atoms with E-state index in [1.807, 2.05) is 73.7 Å². The van der Waals surface area contributed by atoms with Crippen LogP contribution in [0.4, 0.5) is 4.79 Å². The zero-order valence-corrected chi connectivity index (χ0v) is 28.9. The van der Waals surface area contributed by atoms with Crippen molar-refractivity contribution in [1.82, 2.24) is 16.0 Å². The summed E-state index contributed by atoms with van der Waals surface area (Å²) in [5.74, 6) is -0.249. The molecule has 3 amide bonds. The number of carbonyl (C=O) groups excluding carboxylic acids is 4. The molecule has 0 bridgehead atoms. The zero-order chi connectivity index (χ0) is 35.0. The number of hydrogen-bond donors (Lipinski definition) is 5. The van der Waals surface area contributed by atoms with Crippen molar-refractivity contribution in [2.45, 2.75) is 75.9 Å². The minimum Gasteiger partial charge on any atom is -0.449 e. The summed E-state index contributed by atoms with van der Waals surface area (Å²) in [6.45, 7) is 2.08. The normalized spacial score (nSPS) is 13.8. The number of nitrogens with two attached hydrogens (primary N) is 1. The summed E-state index contributed by atoms with van der Waals surface area (Å²) in [4.78, 5) is 51.6. The smallest absolute Gasteiger partial charge is 0.407 e. The molecule has 0 aliphatic heterocycles. The lowest BCUT2D eigenvalue weighted by Crippen LogP contribution is -2.46. The van der Waals surface area contributed by atoms with E-state index in [-0.39, 0.29) is 42.8 Å². The van der Waals surface area contributed by atoms with Gasteiger partial charge < -0.3 is 31.5 Å². The summed E-state index contributed by atoms with van der Waals surface area (Å²) < 4.78 is 5.71. The highest BCUT2D eigenvalue weighted by Gasteiger charge is 2.29. The molecule has 4 rings (SSSR count). The average Bonchev–Trinajstić information content (AvgIpc) is 3.41. The molecule has 11 heteroatoms. The van der Waals surface area contributed by atoms with E-state index in [0.29, 0.717) is 31.6 Å². The number of nitrogens with one attached hydrogen (secondary N) is 3. The number of aliphatic hydroxyl groups is 1. The number of hydrogen-bond acceptors (Lipinski definition) is 8. The molecule has 49 heavy (non-hydrogen) atoms. The second-order valence-electron chi connectivity index (χ2n) is 12.3. The number of carbonyl (C=O) groups is 4. The Morgan fingerprint density at radius 1 is 0.776 bits per heavy atom. The van der Waals surface area contributed by atoms with Crippen molar-refractivity contribution in [2.24, 2.45) is 5.73 Å². The SMILES string of the molecule is CCSC(=O)C[C@H](Cc1ccccc1)NC(=O)C[C@H](CO)NC(=O)C[C@H](CCCCN)NC(=O)OCC1c2ccccc2-c2ccccc21. The Balaban J connectivity index is 1.31. The van der Waals surface area contributed by atoms with Crippen LogP contribution in [0.5, 0.6) is 0 Å². The van der Waals surface area contributed by atoms with Crippen molar-refractivity contribution in [3.63, 3.8) is 0 Å². The molecule has 0 unspecified atom stereocenters. The average molecular weight is 689 g/mol. The molecular formula is C38H48N4O6S. The molecule has 10 nitrogen and oxygen atoms in total. The van der Waals surface area contributed by atoms with Crippen LogP contribution in [0.3, 0.4) is 0 Å². The van der Waals surface area contributed by atoms with Crippen LogP contribution < -0.4 is 21.7 Å². The second kappa shape index (κ2) is 19.7. The maximum absolute atomic E-state index is 13.1. The van der Waals surface area contributed by atoms with Gasteiger partial charge in [0, 0.05) is 37.3 Å². The van der Waals surface area contributed by atoms with Crippen LogP contribution >= 0.6 is 11.8 Å². The summed E-state index contributed by atoms with van der Waals surface area (Å²) in [6, 6.07) is 24.0. The lowest BCUT2D eigenvalue weighted by Gasteiger charge is -2.23. The van der Waals surface area contributed by atoms with Crippen LogP contribution in [-0.4, -0.2) is 71.8 Å². The highest BCUT2D eigenvalue weighted by molar-refractivity contribution is 8.13. The van der Waals surface area contributed by atoms with Gasteiger partial charge in [-0.25, -0.2) is 4.79 Å². The maximum atomic E-state index is 13.1. The molecule has 262 valence electrons. The predicted octanol–water partition coefficient (Wildman–Crippen LogP) is 4.68.